The van der Waals surface area contributed by atoms with Gasteiger partial charge >= 0.3 is 0 Å². The second-order valence-corrected chi connectivity index (χ2v) is 10.6. The van der Waals surface area contributed by atoms with Crippen molar-refractivity contribution in [2.24, 2.45) is 0 Å². The van der Waals surface area contributed by atoms with Gasteiger partial charge in [-0.2, -0.15) is 5.10 Å². The average Bonchev–Trinajstić information content (AvgIpc) is 3.59. The highest BCUT2D eigenvalue weighted by Crippen LogP contribution is 2.35. The highest BCUT2D eigenvalue weighted by Gasteiger charge is 2.28. The first-order chi connectivity index (χ1) is 17.2. The molecule has 3 aromatic heterocycles. The summed E-state index contributed by atoms with van der Waals surface area (Å²) in [5.74, 6) is 2.29. The van der Waals surface area contributed by atoms with Crippen molar-refractivity contribution in [2.45, 2.75) is 38.0 Å². The third kappa shape index (κ3) is 4.29. The summed E-state index contributed by atoms with van der Waals surface area (Å²) in [6.07, 6.45) is 7.80. The van der Waals surface area contributed by atoms with Crippen LogP contribution in [0.2, 0.25) is 5.02 Å². The Morgan fingerprint density at radius 3 is 2.51 bits per heavy atom. The Morgan fingerprint density at radius 1 is 0.971 bits per heavy atom. The van der Waals surface area contributed by atoms with Crippen molar-refractivity contribution < 1.29 is 4.79 Å². The number of aromatic nitrogens is 4. The van der Waals surface area contributed by atoms with Crippen molar-refractivity contribution in [1.29, 1.82) is 0 Å². The maximum atomic E-state index is 12.8. The summed E-state index contributed by atoms with van der Waals surface area (Å²) < 4.78 is 1.84. The molecule has 2 fully saturated rings. The minimum Gasteiger partial charge on any atom is -0.352 e. The van der Waals surface area contributed by atoms with Crippen molar-refractivity contribution in [1.82, 2.24) is 24.6 Å². The molecule has 1 aliphatic carbocycles. The van der Waals surface area contributed by atoms with E-state index >= 15 is 0 Å². The maximum Gasteiger partial charge on any atom is 0.264 e. The van der Waals surface area contributed by atoms with Gasteiger partial charge in [-0.3, -0.25) is 4.79 Å². The molecule has 1 saturated carbocycles. The topological polar surface area (TPSA) is 67.2 Å². The van der Waals surface area contributed by atoms with E-state index in [0.717, 1.165) is 59.2 Å². The van der Waals surface area contributed by atoms with E-state index in [2.05, 4.69) is 10.00 Å². The number of fused-ring (bicyclic) bond motifs is 1. The van der Waals surface area contributed by atoms with Crippen LogP contribution in [0, 0.1) is 0 Å². The van der Waals surface area contributed by atoms with Crippen molar-refractivity contribution in [3.63, 3.8) is 0 Å². The molecule has 0 bridgehead atoms. The number of hydrogen-bond acceptors (Lipinski definition) is 6. The third-order valence-corrected chi connectivity index (χ3v) is 8.25. The number of anilines is 1. The lowest BCUT2D eigenvalue weighted by Gasteiger charge is -2.35. The third-order valence-electron chi connectivity index (χ3n) is 7.07. The molecule has 4 heterocycles. The lowest BCUT2D eigenvalue weighted by atomic mass is 9.88. The van der Waals surface area contributed by atoms with Crippen LogP contribution in [0.3, 0.4) is 0 Å². The van der Waals surface area contributed by atoms with E-state index < -0.39 is 0 Å². The lowest BCUT2D eigenvalue weighted by molar-refractivity contribution is 0.0751. The Bertz CT molecular complexity index is 1340. The molecule has 180 valence electrons. The first-order valence-corrected chi connectivity index (χ1v) is 13.5. The van der Waals surface area contributed by atoms with E-state index in [1.165, 1.54) is 30.6 Å². The normalized spacial score (nSPS) is 17.3. The van der Waals surface area contributed by atoms with Crippen molar-refractivity contribution in [3.05, 3.63) is 63.7 Å². The predicted octanol–water partition coefficient (Wildman–Crippen LogP) is 5.54. The zero-order valence-corrected chi connectivity index (χ0v) is 21.0. The maximum absolute atomic E-state index is 12.8. The van der Waals surface area contributed by atoms with E-state index in [1.807, 2.05) is 57.6 Å². The molecule has 35 heavy (non-hydrogen) atoms. The summed E-state index contributed by atoms with van der Waals surface area (Å²) in [5.41, 5.74) is 1.61. The molecule has 2 aliphatic rings. The van der Waals surface area contributed by atoms with E-state index in [0.29, 0.717) is 24.0 Å². The van der Waals surface area contributed by atoms with Crippen LogP contribution in [0.25, 0.3) is 16.7 Å². The van der Waals surface area contributed by atoms with Crippen LogP contribution in [-0.2, 0) is 0 Å². The van der Waals surface area contributed by atoms with Gasteiger partial charge in [-0.05, 0) is 36.4 Å². The van der Waals surface area contributed by atoms with Gasteiger partial charge in [0.1, 0.15) is 11.6 Å². The molecule has 0 N–H and O–H groups in total. The summed E-state index contributed by atoms with van der Waals surface area (Å²) in [5, 5.41) is 8.19. The van der Waals surface area contributed by atoms with Crippen LogP contribution < -0.4 is 4.90 Å². The highest BCUT2D eigenvalue weighted by molar-refractivity contribution is 7.12. The zero-order valence-electron chi connectivity index (χ0n) is 19.4. The molecule has 1 aromatic carbocycles. The average molecular weight is 507 g/mol. The van der Waals surface area contributed by atoms with Crippen molar-refractivity contribution in [3.8, 4) is 5.69 Å². The van der Waals surface area contributed by atoms with Gasteiger partial charge in [0.25, 0.3) is 5.91 Å². The van der Waals surface area contributed by atoms with Gasteiger partial charge in [0.2, 0.25) is 0 Å². The number of thiophene rings is 1. The molecule has 1 amide bonds. The fraction of sp³-hybridized carbons (Fsp3) is 0.385. The van der Waals surface area contributed by atoms with Gasteiger partial charge in [0.05, 0.1) is 27.2 Å². The highest BCUT2D eigenvalue weighted by atomic mass is 35.5. The number of piperazine rings is 1. The fourth-order valence-electron chi connectivity index (χ4n) is 5.17. The number of benzene rings is 1. The van der Waals surface area contributed by atoms with Gasteiger partial charge in [-0.15, -0.1) is 11.3 Å². The number of carbonyl (C=O) groups is 1. The van der Waals surface area contributed by atoms with Gasteiger partial charge < -0.3 is 9.80 Å². The molecule has 4 aromatic rings. The van der Waals surface area contributed by atoms with E-state index in [1.54, 1.807) is 0 Å². The number of halogens is 1. The van der Waals surface area contributed by atoms with Gasteiger partial charge in [-0.25, -0.2) is 14.6 Å². The number of para-hydroxylation sites is 1. The second-order valence-electron chi connectivity index (χ2n) is 9.24. The molecular formula is C26H27ClN6OS. The standard InChI is InChI=1S/C26H27ClN6OS/c27-20-9-4-5-10-21(20)33-25-19(17-28-33)24(29-23(30-25)18-7-2-1-3-8-18)31-12-14-32(15-13-31)26(34)22-11-6-16-35-22/h4-6,9-11,16-18H,1-3,7-8,12-15H2. The summed E-state index contributed by atoms with van der Waals surface area (Å²) in [6, 6.07) is 11.5. The zero-order chi connectivity index (χ0) is 23.8. The number of nitrogens with zero attached hydrogens (tertiary/aromatic N) is 6. The Morgan fingerprint density at radius 2 is 1.77 bits per heavy atom. The van der Waals surface area contributed by atoms with Crippen molar-refractivity contribution in [2.75, 3.05) is 31.1 Å². The Hall–Kier alpha value is -2.97. The first kappa shape index (κ1) is 22.5. The van der Waals surface area contributed by atoms with Crippen molar-refractivity contribution >= 4 is 45.7 Å². The second kappa shape index (κ2) is 9.59. The van der Waals surface area contributed by atoms with Crippen LogP contribution >= 0.6 is 22.9 Å². The van der Waals surface area contributed by atoms with Gasteiger partial charge in [0, 0.05) is 32.1 Å². The summed E-state index contributed by atoms with van der Waals surface area (Å²) in [4.78, 5) is 28.0. The smallest absolute Gasteiger partial charge is 0.264 e. The molecule has 1 aliphatic heterocycles. The van der Waals surface area contributed by atoms with Crippen LogP contribution in [0.1, 0.15) is 53.5 Å². The molecule has 0 radical (unpaired) electrons. The largest absolute Gasteiger partial charge is 0.352 e. The molecule has 6 rings (SSSR count). The fourth-order valence-corrected chi connectivity index (χ4v) is 6.08. The van der Waals surface area contributed by atoms with Crippen LogP contribution in [0.4, 0.5) is 5.82 Å². The summed E-state index contributed by atoms with van der Waals surface area (Å²) in [6.45, 7) is 2.79. The Kier molecular flexibility index (Phi) is 6.16. The molecular weight excluding hydrogens is 480 g/mol. The summed E-state index contributed by atoms with van der Waals surface area (Å²) >= 11 is 8.03. The number of amides is 1. The van der Waals surface area contributed by atoms with E-state index in [-0.39, 0.29) is 5.91 Å². The quantitative estimate of drug-likeness (QED) is 0.363. The van der Waals surface area contributed by atoms with Crippen LogP contribution in [0.15, 0.2) is 48.0 Å². The number of rotatable bonds is 4. The van der Waals surface area contributed by atoms with E-state index in [9.17, 15) is 4.79 Å². The Labute approximate surface area is 213 Å². The molecule has 7 nitrogen and oxygen atoms in total. The predicted molar refractivity (Wildman–Crippen MR) is 140 cm³/mol. The minimum absolute atomic E-state index is 0.113. The number of carbonyl (C=O) groups excluding carboxylic acids is 1. The summed E-state index contributed by atoms with van der Waals surface area (Å²) in [7, 11) is 0. The molecule has 0 spiro atoms. The monoisotopic (exact) mass is 506 g/mol. The molecule has 9 heteroatoms. The SMILES string of the molecule is O=C(c1cccs1)N1CCN(c2nc(C3CCCCC3)nc3c2cnn3-c2ccccc2Cl)CC1. The first-order valence-electron chi connectivity index (χ1n) is 12.3. The Balaban J connectivity index is 1.36. The number of hydrogen-bond donors (Lipinski definition) is 0. The van der Waals surface area contributed by atoms with Crippen LogP contribution in [-0.4, -0.2) is 56.7 Å². The lowest BCUT2D eigenvalue weighted by Crippen LogP contribution is -2.49. The van der Waals surface area contributed by atoms with Gasteiger partial charge in [-0.1, -0.05) is 49.1 Å². The van der Waals surface area contributed by atoms with Gasteiger partial charge in [0.15, 0.2) is 5.65 Å². The minimum atomic E-state index is 0.113. The van der Waals surface area contributed by atoms with E-state index in [4.69, 9.17) is 21.6 Å². The molecule has 0 unspecified atom stereocenters. The molecule has 0 atom stereocenters. The van der Waals surface area contributed by atoms with Crippen LogP contribution in [0.5, 0.6) is 0 Å². The molecule has 1 saturated heterocycles.